The summed E-state index contributed by atoms with van der Waals surface area (Å²) in [6.45, 7) is 2.97. The summed E-state index contributed by atoms with van der Waals surface area (Å²) >= 11 is 0. The number of methoxy groups -OCH3 is 2. The fourth-order valence-corrected chi connectivity index (χ4v) is 2.74. The number of amides is 2. The zero-order valence-electron chi connectivity index (χ0n) is 15.1. The van der Waals surface area contributed by atoms with Gasteiger partial charge in [0.15, 0.2) is 11.5 Å². The molecule has 7 nitrogen and oxygen atoms in total. The quantitative estimate of drug-likeness (QED) is 0.737. The average molecular weight is 354 g/mol. The predicted molar refractivity (Wildman–Crippen MR) is 99.8 cm³/mol. The Morgan fingerprint density at radius 2 is 2.00 bits per heavy atom. The van der Waals surface area contributed by atoms with Crippen molar-refractivity contribution in [2.24, 2.45) is 0 Å². The molecule has 7 heteroatoms. The summed E-state index contributed by atoms with van der Waals surface area (Å²) in [6.07, 6.45) is 3.74. The summed E-state index contributed by atoms with van der Waals surface area (Å²) in [5, 5.41) is 2.90. The van der Waals surface area contributed by atoms with Gasteiger partial charge in [0, 0.05) is 24.5 Å². The molecule has 0 radical (unpaired) electrons. The van der Waals surface area contributed by atoms with Crippen molar-refractivity contribution in [3.05, 3.63) is 54.5 Å². The van der Waals surface area contributed by atoms with Gasteiger partial charge in [-0.25, -0.2) is 9.78 Å². The number of aromatic nitrogens is 2. The van der Waals surface area contributed by atoms with E-state index in [1.807, 2.05) is 35.7 Å². The van der Waals surface area contributed by atoms with Gasteiger partial charge in [0.25, 0.3) is 0 Å². The Bertz CT molecular complexity index is 907. The molecule has 0 saturated carbocycles. The van der Waals surface area contributed by atoms with Gasteiger partial charge in [0.1, 0.15) is 5.65 Å². The van der Waals surface area contributed by atoms with Crippen LogP contribution in [0.1, 0.15) is 12.6 Å². The third-order valence-electron chi connectivity index (χ3n) is 4.15. The van der Waals surface area contributed by atoms with Gasteiger partial charge in [-0.2, -0.15) is 0 Å². The summed E-state index contributed by atoms with van der Waals surface area (Å²) in [4.78, 5) is 18.8. The molecule has 0 aliphatic heterocycles. The van der Waals surface area contributed by atoms with Crippen LogP contribution in [0, 0.1) is 0 Å². The van der Waals surface area contributed by atoms with Crippen LogP contribution in [0.25, 0.3) is 5.65 Å². The highest BCUT2D eigenvalue weighted by molar-refractivity contribution is 5.89. The molecule has 0 atom stereocenters. The van der Waals surface area contributed by atoms with Crippen molar-refractivity contribution < 1.29 is 14.3 Å². The molecule has 2 heterocycles. The molecule has 1 aromatic carbocycles. The summed E-state index contributed by atoms with van der Waals surface area (Å²) in [5.74, 6) is 1.18. The normalized spacial score (nSPS) is 10.6. The van der Waals surface area contributed by atoms with E-state index in [9.17, 15) is 4.79 Å². The van der Waals surface area contributed by atoms with Crippen LogP contribution in [0.5, 0.6) is 11.5 Å². The van der Waals surface area contributed by atoms with Crippen LogP contribution in [0.2, 0.25) is 0 Å². The number of nitrogens with zero attached hydrogens (tertiary/aromatic N) is 3. The van der Waals surface area contributed by atoms with Gasteiger partial charge in [-0.05, 0) is 31.2 Å². The maximum absolute atomic E-state index is 12.7. The lowest BCUT2D eigenvalue weighted by atomic mass is 10.2. The average Bonchev–Trinajstić information content (AvgIpc) is 3.08. The number of fused-ring (bicyclic) bond motifs is 1. The third kappa shape index (κ3) is 3.56. The SMILES string of the molecule is CCN(Cc1cnc2ccccn12)C(=O)Nc1ccc(OC)c(OC)c1. The lowest BCUT2D eigenvalue weighted by molar-refractivity contribution is 0.211. The molecule has 0 bridgehead atoms. The Hall–Kier alpha value is -3.22. The lowest BCUT2D eigenvalue weighted by Crippen LogP contribution is -2.34. The summed E-state index contributed by atoms with van der Waals surface area (Å²) < 4.78 is 12.5. The largest absolute Gasteiger partial charge is 0.493 e. The number of hydrogen-bond acceptors (Lipinski definition) is 4. The summed E-state index contributed by atoms with van der Waals surface area (Å²) in [5.41, 5.74) is 2.45. The minimum absolute atomic E-state index is 0.189. The van der Waals surface area contributed by atoms with E-state index in [2.05, 4.69) is 10.3 Å². The van der Waals surface area contributed by atoms with Crippen LogP contribution in [-0.4, -0.2) is 41.1 Å². The van der Waals surface area contributed by atoms with E-state index < -0.39 is 0 Å². The molecular formula is C19H22N4O3. The van der Waals surface area contributed by atoms with Crippen LogP contribution >= 0.6 is 0 Å². The molecule has 0 aliphatic rings. The van der Waals surface area contributed by atoms with Gasteiger partial charge < -0.3 is 24.1 Å². The molecule has 136 valence electrons. The van der Waals surface area contributed by atoms with E-state index in [1.54, 1.807) is 43.5 Å². The first-order chi connectivity index (χ1) is 12.7. The number of carbonyl (C=O) groups is 1. The van der Waals surface area contributed by atoms with E-state index >= 15 is 0 Å². The Morgan fingerprint density at radius 1 is 1.19 bits per heavy atom. The molecule has 0 spiro atoms. The second-order valence-electron chi connectivity index (χ2n) is 5.69. The van der Waals surface area contributed by atoms with Crippen LogP contribution in [0.3, 0.4) is 0 Å². The van der Waals surface area contributed by atoms with Gasteiger partial charge in [0.2, 0.25) is 0 Å². The molecule has 2 aromatic heterocycles. The van der Waals surface area contributed by atoms with Gasteiger partial charge in [-0.15, -0.1) is 0 Å². The van der Waals surface area contributed by atoms with E-state index in [-0.39, 0.29) is 6.03 Å². The van der Waals surface area contributed by atoms with Gasteiger partial charge in [-0.1, -0.05) is 6.07 Å². The van der Waals surface area contributed by atoms with Crippen LogP contribution in [-0.2, 0) is 6.54 Å². The Balaban J connectivity index is 1.75. The molecule has 3 aromatic rings. The zero-order valence-corrected chi connectivity index (χ0v) is 15.1. The second-order valence-corrected chi connectivity index (χ2v) is 5.69. The molecule has 0 fully saturated rings. The number of benzene rings is 1. The van der Waals surface area contributed by atoms with Gasteiger partial charge >= 0.3 is 6.03 Å². The van der Waals surface area contributed by atoms with E-state index in [0.717, 1.165) is 11.3 Å². The first kappa shape index (κ1) is 17.6. The number of hydrogen-bond donors (Lipinski definition) is 1. The molecule has 0 saturated heterocycles. The minimum Gasteiger partial charge on any atom is -0.493 e. The standard InChI is InChI=1S/C19H22N4O3/c1-4-22(13-15-12-20-18-7-5-6-10-23(15)18)19(24)21-14-8-9-16(25-2)17(11-14)26-3/h5-12H,4,13H2,1-3H3,(H,21,24). The van der Waals surface area contributed by atoms with Crippen molar-refractivity contribution in [3.63, 3.8) is 0 Å². The Labute approximate surface area is 152 Å². The number of rotatable bonds is 6. The molecule has 0 unspecified atom stereocenters. The fraction of sp³-hybridized carbons (Fsp3) is 0.263. The highest BCUT2D eigenvalue weighted by Gasteiger charge is 2.15. The number of carbonyl (C=O) groups excluding carboxylic acids is 1. The molecule has 26 heavy (non-hydrogen) atoms. The van der Waals surface area contributed by atoms with Crippen molar-refractivity contribution in [3.8, 4) is 11.5 Å². The van der Waals surface area contributed by atoms with Crippen molar-refractivity contribution in [1.29, 1.82) is 0 Å². The Morgan fingerprint density at radius 3 is 2.73 bits per heavy atom. The van der Waals surface area contributed by atoms with Crippen molar-refractivity contribution in [2.45, 2.75) is 13.5 Å². The predicted octanol–water partition coefficient (Wildman–Crippen LogP) is 3.41. The summed E-state index contributed by atoms with van der Waals surface area (Å²) in [7, 11) is 3.14. The molecule has 0 aliphatic carbocycles. The highest BCUT2D eigenvalue weighted by atomic mass is 16.5. The van der Waals surface area contributed by atoms with Crippen LogP contribution in [0.15, 0.2) is 48.8 Å². The maximum Gasteiger partial charge on any atom is 0.322 e. The highest BCUT2D eigenvalue weighted by Crippen LogP contribution is 2.29. The van der Waals surface area contributed by atoms with Crippen LogP contribution in [0.4, 0.5) is 10.5 Å². The maximum atomic E-state index is 12.7. The lowest BCUT2D eigenvalue weighted by Gasteiger charge is -2.21. The summed E-state index contributed by atoms with van der Waals surface area (Å²) in [6, 6.07) is 10.9. The molecule has 3 rings (SSSR count). The molecule has 1 N–H and O–H groups in total. The monoisotopic (exact) mass is 354 g/mol. The van der Waals surface area contributed by atoms with E-state index in [0.29, 0.717) is 30.3 Å². The number of urea groups is 1. The van der Waals surface area contributed by atoms with Crippen LogP contribution < -0.4 is 14.8 Å². The number of anilines is 1. The second kappa shape index (κ2) is 7.77. The minimum atomic E-state index is -0.189. The number of pyridine rings is 1. The van der Waals surface area contributed by atoms with Crippen molar-refractivity contribution in [2.75, 3.05) is 26.1 Å². The van der Waals surface area contributed by atoms with Gasteiger partial charge in [-0.3, -0.25) is 0 Å². The smallest absolute Gasteiger partial charge is 0.322 e. The third-order valence-corrected chi connectivity index (χ3v) is 4.15. The van der Waals surface area contributed by atoms with Crippen molar-refractivity contribution in [1.82, 2.24) is 14.3 Å². The molecule has 2 amide bonds. The number of nitrogens with one attached hydrogen (secondary N) is 1. The van der Waals surface area contributed by atoms with E-state index in [1.165, 1.54) is 0 Å². The van der Waals surface area contributed by atoms with Crippen molar-refractivity contribution >= 4 is 17.4 Å². The zero-order chi connectivity index (χ0) is 18.5. The first-order valence-electron chi connectivity index (χ1n) is 8.35. The first-order valence-corrected chi connectivity index (χ1v) is 8.35. The number of ether oxygens (including phenoxy) is 2. The topological polar surface area (TPSA) is 68.1 Å². The molecular weight excluding hydrogens is 332 g/mol. The fourth-order valence-electron chi connectivity index (χ4n) is 2.74. The number of imidazole rings is 1. The van der Waals surface area contributed by atoms with Gasteiger partial charge in [0.05, 0.1) is 32.7 Å². The Kier molecular flexibility index (Phi) is 5.26. The van der Waals surface area contributed by atoms with E-state index in [4.69, 9.17) is 9.47 Å².